The highest BCUT2D eigenvalue weighted by atomic mass is 32.2. The van der Waals surface area contributed by atoms with Gasteiger partial charge < -0.3 is 10.7 Å². The molecule has 3 N–H and O–H groups in total. The Morgan fingerprint density at radius 2 is 2.15 bits per heavy atom. The SMILES string of the molecule is C[C@H](N)c1c(F)cccc1Sc1ncnc2nc[nH]c12. The molecule has 102 valence electrons. The van der Waals surface area contributed by atoms with E-state index < -0.39 is 6.04 Å². The summed E-state index contributed by atoms with van der Waals surface area (Å²) in [7, 11) is 0. The number of aromatic amines is 1. The van der Waals surface area contributed by atoms with Crippen LogP contribution in [0.3, 0.4) is 0 Å². The molecule has 2 aromatic heterocycles. The predicted molar refractivity (Wildman–Crippen MR) is 74.8 cm³/mol. The van der Waals surface area contributed by atoms with Crippen LogP contribution in [0.1, 0.15) is 18.5 Å². The second-order valence-electron chi connectivity index (χ2n) is 4.32. The number of hydrogen-bond acceptors (Lipinski definition) is 5. The average molecular weight is 289 g/mol. The highest BCUT2D eigenvalue weighted by Crippen LogP contribution is 2.35. The molecule has 3 aromatic rings. The predicted octanol–water partition coefficient (Wildman–Crippen LogP) is 2.66. The molecule has 0 unspecified atom stereocenters. The molecule has 0 bridgehead atoms. The van der Waals surface area contributed by atoms with Crippen LogP contribution < -0.4 is 5.73 Å². The summed E-state index contributed by atoms with van der Waals surface area (Å²) in [6.45, 7) is 1.76. The lowest BCUT2D eigenvalue weighted by Crippen LogP contribution is -2.09. The first-order valence-corrected chi connectivity index (χ1v) is 6.84. The lowest BCUT2D eigenvalue weighted by molar-refractivity contribution is 0.585. The number of imidazole rings is 1. The second kappa shape index (κ2) is 5.18. The van der Waals surface area contributed by atoms with Crippen molar-refractivity contribution in [1.82, 2.24) is 19.9 Å². The maximum atomic E-state index is 13.9. The van der Waals surface area contributed by atoms with Crippen molar-refractivity contribution in [2.45, 2.75) is 22.9 Å². The Balaban J connectivity index is 2.08. The molecule has 0 fully saturated rings. The lowest BCUT2D eigenvalue weighted by atomic mass is 10.1. The average Bonchev–Trinajstić information content (AvgIpc) is 2.87. The fourth-order valence-corrected chi connectivity index (χ4v) is 3.07. The zero-order chi connectivity index (χ0) is 14.1. The van der Waals surface area contributed by atoms with Crippen molar-refractivity contribution in [3.8, 4) is 0 Å². The van der Waals surface area contributed by atoms with Crippen LogP contribution in [0.2, 0.25) is 0 Å². The van der Waals surface area contributed by atoms with E-state index >= 15 is 0 Å². The Hall–Kier alpha value is -1.99. The van der Waals surface area contributed by atoms with Crippen molar-refractivity contribution in [3.63, 3.8) is 0 Å². The Kier molecular flexibility index (Phi) is 3.37. The van der Waals surface area contributed by atoms with Crippen LogP contribution >= 0.6 is 11.8 Å². The van der Waals surface area contributed by atoms with E-state index in [9.17, 15) is 4.39 Å². The van der Waals surface area contributed by atoms with E-state index in [-0.39, 0.29) is 5.82 Å². The van der Waals surface area contributed by atoms with Gasteiger partial charge in [0.1, 0.15) is 22.7 Å². The number of hydrogen-bond donors (Lipinski definition) is 2. The first-order chi connectivity index (χ1) is 9.66. The molecule has 7 heteroatoms. The van der Waals surface area contributed by atoms with E-state index in [1.54, 1.807) is 19.3 Å². The molecule has 2 heterocycles. The summed E-state index contributed by atoms with van der Waals surface area (Å²) in [6.07, 6.45) is 3.00. The molecule has 1 aromatic carbocycles. The van der Waals surface area contributed by atoms with E-state index in [1.165, 1.54) is 24.2 Å². The summed E-state index contributed by atoms with van der Waals surface area (Å²) in [6, 6.07) is 4.51. The first-order valence-electron chi connectivity index (χ1n) is 6.02. The third-order valence-corrected chi connectivity index (χ3v) is 3.94. The molecule has 0 aliphatic rings. The van der Waals surface area contributed by atoms with Crippen molar-refractivity contribution in [2.24, 2.45) is 5.73 Å². The fraction of sp³-hybridized carbons (Fsp3) is 0.154. The van der Waals surface area contributed by atoms with Gasteiger partial charge >= 0.3 is 0 Å². The van der Waals surface area contributed by atoms with Crippen LogP contribution in [0, 0.1) is 5.82 Å². The van der Waals surface area contributed by atoms with Crippen molar-refractivity contribution in [1.29, 1.82) is 0 Å². The van der Waals surface area contributed by atoms with Crippen LogP contribution in [0.25, 0.3) is 11.2 Å². The van der Waals surface area contributed by atoms with Gasteiger partial charge in [0.15, 0.2) is 5.65 Å². The molecule has 0 saturated carbocycles. The third kappa shape index (κ3) is 2.25. The number of nitrogens with zero attached hydrogens (tertiary/aromatic N) is 3. The van der Waals surface area contributed by atoms with Gasteiger partial charge in [-0.05, 0) is 19.1 Å². The number of H-pyrrole nitrogens is 1. The number of fused-ring (bicyclic) bond motifs is 1. The quantitative estimate of drug-likeness (QED) is 0.724. The van der Waals surface area contributed by atoms with Gasteiger partial charge in [0.25, 0.3) is 0 Å². The molecule has 1 atom stereocenters. The van der Waals surface area contributed by atoms with Gasteiger partial charge in [-0.15, -0.1) is 0 Å². The first kappa shape index (κ1) is 13.0. The number of aromatic nitrogens is 4. The summed E-state index contributed by atoms with van der Waals surface area (Å²) < 4.78 is 13.9. The Morgan fingerprint density at radius 3 is 2.95 bits per heavy atom. The normalized spacial score (nSPS) is 12.8. The lowest BCUT2D eigenvalue weighted by Gasteiger charge is -2.12. The van der Waals surface area contributed by atoms with Gasteiger partial charge in [0, 0.05) is 16.5 Å². The maximum absolute atomic E-state index is 13.9. The summed E-state index contributed by atoms with van der Waals surface area (Å²) in [5, 5.41) is 0.694. The largest absolute Gasteiger partial charge is 0.341 e. The number of nitrogens with two attached hydrogens (primary N) is 1. The second-order valence-corrected chi connectivity index (χ2v) is 5.35. The smallest absolute Gasteiger partial charge is 0.181 e. The summed E-state index contributed by atoms with van der Waals surface area (Å²) in [4.78, 5) is 16.1. The molecule has 0 aliphatic carbocycles. The van der Waals surface area contributed by atoms with Gasteiger partial charge in [-0.2, -0.15) is 0 Å². The molecule has 3 rings (SSSR count). The Morgan fingerprint density at radius 1 is 1.30 bits per heavy atom. The molecular formula is C13H12FN5S. The zero-order valence-electron chi connectivity index (χ0n) is 10.7. The number of nitrogens with one attached hydrogen (secondary N) is 1. The van der Waals surface area contributed by atoms with E-state index in [0.29, 0.717) is 16.2 Å². The van der Waals surface area contributed by atoms with Crippen LogP contribution in [-0.4, -0.2) is 19.9 Å². The van der Waals surface area contributed by atoms with Crippen molar-refractivity contribution in [2.75, 3.05) is 0 Å². The minimum atomic E-state index is -0.391. The minimum Gasteiger partial charge on any atom is -0.341 e. The summed E-state index contributed by atoms with van der Waals surface area (Å²) in [5.74, 6) is -0.306. The van der Waals surface area contributed by atoms with E-state index in [2.05, 4.69) is 19.9 Å². The van der Waals surface area contributed by atoms with Crippen LogP contribution in [0.5, 0.6) is 0 Å². The topological polar surface area (TPSA) is 80.5 Å². The highest BCUT2D eigenvalue weighted by molar-refractivity contribution is 7.99. The molecule has 0 spiro atoms. The molecule has 0 radical (unpaired) electrons. The Bertz CT molecular complexity index is 755. The van der Waals surface area contributed by atoms with E-state index in [0.717, 1.165) is 10.4 Å². The minimum absolute atomic E-state index is 0.306. The maximum Gasteiger partial charge on any atom is 0.181 e. The van der Waals surface area contributed by atoms with Crippen LogP contribution in [-0.2, 0) is 0 Å². The molecule has 0 aliphatic heterocycles. The van der Waals surface area contributed by atoms with Crippen molar-refractivity contribution >= 4 is 22.9 Å². The monoisotopic (exact) mass is 289 g/mol. The Labute approximate surface area is 118 Å². The molecule has 5 nitrogen and oxygen atoms in total. The summed E-state index contributed by atoms with van der Waals surface area (Å²) >= 11 is 1.35. The van der Waals surface area contributed by atoms with Crippen molar-refractivity contribution < 1.29 is 4.39 Å². The van der Waals surface area contributed by atoms with E-state index in [4.69, 9.17) is 5.73 Å². The van der Waals surface area contributed by atoms with Crippen LogP contribution in [0.4, 0.5) is 4.39 Å². The summed E-state index contributed by atoms with van der Waals surface area (Å²) in [5.41, 5.74) is 7.66. The standard InChI is InChI=1S/C13H12FN5S/c1-7(15)10-8(14)3-2-4-9(10)20-13-11-12(17-5-16-11)18-6-19-13/h2-7H,15H2,1H3,(H,16,17,18,19)/t7-/m0/s1. The van der Waals surface area contributed by atoms with Crippen molar-refractivity contribution in [3.05, 3.63) is 42.2 Å². The molecular weight excluding hydrogens is 277 g/mol. The number of rotatable bonds is 3. The van der Waals surface area contributed by atoms with Gasteiger partial charge in [-0.1, -0.05) is 17.8 Å². The highest BCUT2D eigenvalue weighted by Gasteiger charge is 2.15. The molecule has 20 heavy (non-hydrogen) atoms. The van der Waals surface area contributed by atoms with Gasteiger partial charge in [0.2, 0.25) is 0 Å². The van der Waals surface area contributed by atoms with Gasteiger partial charge in [-0.3, -0.25) is 0 Å². The fourth-order valence-electron chi connectivity index (χ4n) is 1.97. The van der Waals surface area contributed by atoms with Gasteiger partial charge in [-0.25, -0.2) is 19.3 Å². The molecule has 0 saturated heterocycles. The van der Waals surface area contributed by atoms with Gasteiger partial charge in [0.05, 0.1) is 6.33 Å². The molecule has 0 amide bonds. The third-order valence-electron chi connectivity index (χ3n) is 2.86. The van der Waals surface area contributed by atoms with E-state index in [1.807, 2.05) is 6.07 Å². The number of benzene rings is 1. The number of halogens is 1. The zero-order valence-corrected chi connectivity index (χ0v) is 11.5. The van der Waals surface area contributed by atoms with Crippen LogP contribution in [0.15, 0.2) is 40.8 Å².